The number of hydrogen-bond acceptors (Lipinski definition) is 4. The Morgan fingerprint density at radius 1 is 1.47 bits per heavy atom. The third-order valence-electron chi connectivity index (χ3n) is 1.78. The number of rotatable bonds is 6. The largest absolute Gasteiger partial charge is 0.392 e. The van der Waals surface area contributed by atoms with Crippen molar-refractivity contribution in [3.05, 3.63) is 22.8 Å². The second-order valence-corrected chi connectivity index (χ2v) is 4.26. The number of hydrogen-bond donors (Lipinski definition) is 3. The van der Waals surface area contributed by atoms with Crippen molar-refractivity contribution in [2.75, 3.05) is 25.0 Å². The van der Waals surface area contributed by atoms with E-state index in [-0.39, 0.29) is 6.10 Å². The second-order valence-electron chi connectivity index (χ2n) is 3.34. The summed E-state index contributed by atoms with van der Waals surface area (Å²) in [4.78, 5) is 4.18. The van der Waals surface area contributed by atoms with Crippen molar-refractivity contribution < 1.29 is 5.11 Å². The first-order valence-electron chi connectivity index (χ1n) is 4.92. The lowest BCUT2D eigenvalue weighted by molar-refractivity contribution is 0.192. The molecule has 0 aliphatic rings. The Bertz CT molecular complexity index is 277. The zero-order valence-corrected chi connectivity index (χ0v) is 10.3. The highest BCUT2D eigenvalue weighted by Crippen LogP contribution is 2.09. The van der Waals surface area contributed by atoms with E-state index in [0.29, 0.717) is 6.54 Å². The average Bonchev–Trinajstić information content (AvgIpc) is 2.20. The average molecular weight is 274 g/mol. The van der Waals surface area contributed by atoms with Gasteiger partial charge in [0.25, 0.3) is 0 Å². The summed E-state index contributed by atoms with van der Waals surface area (Å²) >= 11 is 3.32. The number of halogens is 1. The zero-order valence-electron chi connectivity index (χ0n) is 8.70. The maximum Gasteiger partial charge on any atom is 0.126 e. The van der Waals surface area contributed by atoms with E-state index >= 15 is 0 Å². The van der Waals surface area contributed by atoms with Crippen LogP contribution >= 0.6 is 15.9 Å². The SMILES string of the molecule is CC(O)CNCCNc1ccc(Br)cn1. The van der Waals surface area contributed by atoms with Gasteiger partial charge in [0.05, 0.1) is 6.10 Å². The van der Waals surface area contributed by atoms with Crippen molar-refractivity contribution in [2.24, 2.45) is 0 Å². The van der Waals surface area contributed by atoms with Crippen molar-refractivity contribution in [3.8, 4) is 0 Å². The molecule has 84 valence electrons. The van der Waals surface area contributed by atoms with Gasteiger partial charge >= 0.3 is 0 Å². The molecule has 0 fully saturated rings. The summed E-state index contributed by atoms with van der Waals surface area (Å²) in [6.07, 6.45) is 1.46. The molecule has 1 aromatic heterocycles. The molecule has 1 heterocycles. The van der Waals surface area contributed by atoms with Gasteiger partial charge < -0.3 is 15.7 Å². The lowest BCUT2D eigenvalue weighted by Gasteiger charge is -2.08. The molecule has 4 nitrogen and oxygen atoms in total. The van der Waals surface area contributed by atoms with Gasteiger partial charge in [0, 0.05) is 30.3 Å². The maximum absolute atomic E-state index is 9.00. The van der Waals surface area contributed by atoms with E-state index in [1.165, 1.54) is 0 Å². The topological polar surface area (TPSA) is 57.2 Å². The van der Waals surface area contributed by atoms with Crippen molar-refractivity contribution in [1.29, 1.82) is 0 Å². The van der Waals surface area contributed by atoms with Crippen LogP contribution in [0.15, 0.2) is 22.8 Å². The molecule has 15 heavy (non-hydrogen) atoms. The fourth-order valence-corrected chi connectivity index (χ4v) is 1.30. The number of pyridine rings is 1. The van der Waals surface area contributed by atoms with Crippen LogP contribution < -0.4 is 10.6 Å². The maximum atomic E-state index is 9.00. The quantitative estimate of drug-likeness (QED) is 0.683. The number of nitrogens with zero attached hydrogens (tertiary/aromatic N) is 1. The molecule has 0 aromatic carbocycles. The van der Waals surface area contributed by atoms with Gasteiger partial charge in [0.1, 0.15) is 5.82 Å². The standard InChI is InChI=1S/C10H16BrN3O/c1-8(15)6-12-4-5-13-10-3-2-9(11)7-14-10/h2-3,7-8,12,15H,4-6H2,1H3,(H,13,14). The molecule has 0 radical (unpaired) electrons. The summed E-state index contributed by atoms with van der Waals surface area (Å²) in [5, 5.41) is 15.3. The van der Waals surface area contributed by atoms with Gasteiger partial charge in [-0.3, -0.25) is 0 Å². The summed E-state index contributed by atoms with van der Waals surface area (Å²) in [6, 6.07) is 3.86. The van der Waals surface area contributed by atoms with Gasteiger partial charge in [-0.05, 0) is 35.0 Å². The Kier molecular flexibility index (Phi) is 5.60. The molecule has 1 unspecified atom stereocenters. The summed E-state index contributed by atoms with van der Waals surface area (Å²) < 4.78 is 0.972. The summed E-state index contributed by atoms with van der Waals surface area (Å²) in [5.74, 6) is 0.858. The minimum atomic E-state index is -0.296. The predicted octanol–water partition coefficient (Wildman–Crippen LogP) is 1.23. The molecule has 0 amide bonds. The van der Waals surface area contributed by atoms with Gasteiger partial charge in [-0.25, -0.2) is 4.98 Å². The first-order valence-corrected chi connectivity index (χ1v) is 5.72. The number of aliphatic hydroxyl groups excluding tert-OH is 1. The lowest BCUT2D eigenvalue weighted by atomic mass is 10.4. The van der Waals surface area contributed by atoms with Crippen LogP contribution in [0.5, 0.6) is 0 Å². The molecule has 1 aromatic rings. The first-order chi connectivity index (χ1) is 7.18. The van der Waals surface area contributed by atoms with Crippen molar-refractivity contribution in [3.63, 3.8) is 0 Å². The molecule has 1 rings (SSSR count). The molecule has 0 saturated heterocycles. The fraction of sp³-hybridized carbons (Fsp3) is 0.500. The van der Waals surface area contributed by atoms with Crippen LogP contribution in [-0.4, -0.2) is 35.8 Å². The van der Waals surface area contributed by atoms with E-state index in [1.807, 2.05) is 12.1 Å². The highest BCUT2D eigenvalue weighted by Gasteiger charge is 1.95. The Morgan fingerprint density at radius 2 is 2.27 bits per heavy atom. The van der Waals surface area contributed by atoms with Gasteiger partial charge in [-0.2, -0.15) is 0 Å². The van der Waals surface area contributed by atoms with E-state index < -0.39 is 0 Å². The monoisotopic (exact) mass is 273 g/mol. The predicted molar refractivity (Wildman–Crippen MR) is 65.0 cm³/mol. The Hall–Kier alpha value is -0.650. The van der Waals surface area contributed by atoms with E-state index in [2.05, 4.69) is 31.5 Å². The summed E-state index contributed by atoms with van der Waals surface area (Å²) in [7, 11) is 0. The minimum absolute atomic E-state index is 0.296. The molecular weight excluding hydrogens is 258 g/mol. The van der Waals surface area contributed by atoms with Crippen LogP contribution in [0.25, 0.3) is 0 Å². The van der Waals surface area contributed by atoms with E-state index in [9.17, 15) is 0 Å². The smallest absolute Gasteiger partial charge is 0.126 e. The van der Waals surface area contributed by atoms with E-state index in [4.69, 9.17) is 5.11 Å². The molecular formula is C10H16BrN3O. The normalized spacial score (nSPS) is 12.5. The molecule has 0 aliphatic heterocycles. The third-order valence-corrected chi connectivity index (χ3v) is 2.24. The molecule has 0 spiro atoms. The van der Waals surface area contributed by atoms with Crippen molar-refractivity contribution >= 4 is 21.7 Å². The van der Waals surface area contributed by atoms with Gasteiger partial charge in [-0.15, -0.1) is 0 Å². The van der Waals surface area contributed by atoms with Crippen LogP contribution in [0.2, 0.25) is 0 Å². The van der Waals surface area contributed by atoms with E-state index in [0.717, 1.165) is 23.4 Å². The van der Waals surface area contributed by atoms with Crippen molar-refractivity contribution in [2.45, 2.75) is 13.0 Å². The van der Waals surface area contributed by atoms with Crippen LogP contribution in [-0.2, 0) is 0 Å². The number of aliphatic hydroxyl groups is 1. The Labute approximate surface area is 98.2 Å². The third kappa shape index (κ3) is 5.71. The summed E-state index contributed by atoms with van der Waals surface area (Å²) in [6.45, 7) is 3.98. The van der Waals surface area contributed by atoms with Gasteiger partial charge in [0.2, 0.25) is 0 Å². The Balaban J connectivity index is 2.12. The number of anilines is 1. The lowest BCUT2D eigenvalue weighted by Crippen LogP contribution is -2.29. The Morgan fingerprint density at radius 3 is 2.87 bits per heavy atom. The fourth-order valence-electron chi connectivity index (χ4n) is 1.07. The van der Waals surface area contributed by atoms with E-state index in [1.54, 1.807) is 13.1 Å². The highest BCUT2D eigenvalue weighted by molar-refractivity contribution is 9.10. The molecule has 5 heteroatoms. The second kappa shape index (κ2) is 6.76. The number of aromatic nitrogens is 1. The highest BCUT2D eigenvalue weighted by atomic mass is 79.9. The summed E-state index contributed by atoms with van der Waals surface area (Å²) in [5.41, 5.74) is 0. The first kappa shape index (κ1) is 12.4. The van der Waals surface area contributed by atoms with Gasteiger partial charge in [-0.1, -0.05) is 0 Å². The number of nitrogens with one attached hydrogen (secondary N) is 2. The minimum Gasteiger partial charge on any atom is -0.392 e. The molecule has 1 atom stereocenters. The zero-order chi connectivity index (χ0) is 11.1. The molecule has 3 N–H and O–H groups in total. The van der Waals surface area contributed by atoms with Gasteiger partial charge in [0.15, 0.2) is 0 Å². The van der Waals surface area contributed by atoms with Crippen LogP contribution in [0.4, 0.5) is 5.82 Å². The molecule has 0 aliphatic carbocycles. The van der Waals surface area contributed by atoms with Crippen LogP contribution in [0.3, 0.4) is 0 Å². The van der Waals surface area contributed by atoms with Crippen LogP contribution in [0, 0.1) is 0 Å². The molecule has 0 bridgehead atoms. The molecule has 0 saturated carbocycles. The van der Waals surface area contributed by atoms with Crippen molar-refractivity contribution in [1.82, 2.24) is 10.3 Å². The van der Waals surface area contributed by atoms with Crippen LogP contribution in [0.1, 0.15) is 6.92 Å².